The first kappa shape index (κ1) is 19.8. The first-order valence-corrected chi connectivity index (χ1v) is 9.20. The van der Waals surface area contributed by atoms with Gasteiger partial charge < -0.3 is 19.8 Å². The lowest BCUT2D eigenvalue weighted by Gasteiger charge is -2.44. The molecule has 1 aliphatic heterocycles. The fraction of sp³-hybridized carbons (Fsp3) is 0.526. The van der Waals surface area contributed by atoms with E-state index in [1.807, 2.05) is 6.07 Å². The van der Waals surface area contributed by atoms with Gasteiger partial charge in [-0.05, 0) is 30.4 Å². The molecule has 9 heteroatoms. The van der Waals surface area contributed by atoms with Crippen molar-refractivity contribution in [2.24, 2.45) is 5.41 Å². The van der Waals surface area contributed by atoms with Crippen LogP contribution >= 0.6 is 0 Å². The summed E-state index contributed by atoms with van der Waals surface area (Å²) >= 11 is 0. The molecule has 9 nitrogen and oxygen atoms in total. The Balaban J connectivity index is 1.63. The van der Waals surface area contributed by atoms with E-state index in [9.17, 15) is 9.90 Å². The van der Waals surface area contributed by atoms with E-state index in [4.69, 9.17) is 9.78 Å². The summed E-state index contributed by atoms with van der Waals surface area (Å²) in [5, 5.41) is 25.8. The molecule has 2 aromatic rings. The molecular formula is C19H24N6O3. The Morgan fingerprint density at radius 1 is 1.50 bits per heavy atom. The van der Waals surface area contributed by atoms with Crippen LogP contribution in [0.25, 0.3) is 11.5 Å². The van der Waals surface area contributed by atoms with Gasteiger partial charge in [-0.15, -0.1) is 0 Å². The summed E-state index contributed by atoms with van der Waals surface area (Å²) < 4.78 is 5.29. The molecule has 1 fully saturated rings. The SMILES string of the molecule is CC(C)(C)C1CC(NCc2noc(-c3ccnc(C#N)c3)n2)CCN1C(=O)O. The van der Waals surface area contributed by atoms with Crippen molar-refractivity contribution in [3.05, 3.63) is 29.8 Å². The van der Waals surface area contributed by atoms with Crippen LogP contribution in [0.15, 0.2) is 22.9 Å². The highest BCUT2D eigenvalue weighted by Crippen LogP contribution is 2.32. The van der Waals surface area contributed by atoms with Gasteiger partial charge in [-0.3, -0.25) is 0 Å². The van der Waals surface area contributed by atoms with Crippen LogP contribution in [0.2, 0.25) is 0 Å². The van der Waals surface area contributed by atoms with Crippen molar-refractivity contribution in [3.8, 4) is 17.5 Å². The van der Waals surface area contributed by atoms with Gasteiger partial charge in [0.05, 0.1) is 6.54 Å². The molecule has 3 rings (SSSR count). The second-order valence-electron chi connectivity index (χ2n) is 8.02. The zero-order valence-corrected chi connectivity index (χ0v) is 16.2. The van der Waals surface area contributed by atoms with Crippen molar-refractivity contribution in [1.29, 1.82) is 5.26 Å². The fourth-order valence-corrected chi connectivity index (χ4v) is 3.50. The molecule has 3 heterocycles. The second-order valence-corrected chi connectivity index (χ2v) is 8.02. The number of piperidine rings is 1. The normalized spacial score (nSPS) is 20.0. The summed E-state index contributed by atoms with van der Waals surface area (Å²) in [5.41, 5.74) is 0.791. The summed E-state index contributed by atoms with van der Waals surface area (Å²) in [6, 6.07) is 5.40. The summed E-state index contributed by atoms with van der Waals surface area (Å²) in [7, 11) is 0. The van der Waals surface area contributed by atoms with Gasteiger partial charge in [0.2, 0.25) is 0 Å². The van der Waals surface area contributed by atoms with Crippen molar-refractivity contribution in [2.75, 3.05) is 6.54 Å². The summed E-state index contributed by atoms with van der Waals surface area (Å²) in [6.45, 7) is 7.11. The first-order chi connectivity index (χ1) is 13.3. The van der Waals surface area contributed by atoms with Crippen LogP contribution in [0, 0.1) is 16.7 Å². The maximum Gasteiger partial charge on any atom is 0.407 e. The molecule has 0 radical (unpaired) electrons. The minimum Gasteiger partial charge on any atom is -0.465 e. The van der Waals surface area contributed by atoms with Gasteiger partial charge in [0.25, 0.3) is 5.89 Å². The van der Waals surface area contributed by atoms with Crippen molar-refractivity contribution in [1.82, 2.24) is 25.3 Å². The van der Waals surface area contributed by atoms with Crippen molar-refractivity contribution >= 4 is 6.09 Å². The average molecular weight is 384 g/mol. The molecule has 0 spiro atoms. The molecule has 148 valence electrons. The van der Waals surface area contributed by atoms with Gasteiger partial charge in [0, 0.05) is 30.4 Å². The molecule has 1 aliphatic rings. The molecule has 28 heavy (non-hydrogen) atoms. The van der Waals surface area contributed by atoms with E-state index in [0.717, 1.165) is 12.8 Å². The number of aromatic nitrogens is 3. The minimum atomic E-state index is -0.865. The first-order valence-electron chi connectivity index (χ1n) is 9.20. The van der Waals surface area contributed by atoms with E-state index in [-0.39, 0.29) is 23.2 Å². The predicted octanol–water partition coefficient (Wildman–Crippen LogP) is 2.65. The topological polar surface area (TPSA) is 128 Å². The van der Waals surface area contributed by atoms with E-state index in [0.29, 0.717) is 30.4 Å². The lowest BCUT2D eigenvalue weighted by molar-refractivity contribution is 0.0480. The van der Waals surface area contributed by atoms with E-state index in [1.165, 1.54) is 6.20 Å². The van der Waals surface area contributed by atoms with Crippen LogP contribution in [0.5, 0.6) is 0 Å². The third-order valence-corrected chi connectivity index (χ3v) is 4.99. The zero-order chi connectivity index (χ0) is 20.3. The third-order valence-electron chi connectivity index (χ3n) is 4.99. The third kappa shape index (κ3) is 4.46. The molecule has 0 aromatic carbocycles. The molecule has 2 N–H and O–H groups in total. The molecule has 2 atom stereocenters. The Bertz CT molecular complexity index is 882. The largest absolute Gasteiger partial charge is 0.465 e. The molecular weight excluding hydrogens is 360 g/mol. The number of nitrogens with one attached hydrogen (secondary N) is 1. The van der Waals surface area contributed by atoms with Crippen LogP contribution in [-0.4, -0.2) is 49.9 Å². The van der Waals surface area contributed by atoms with Crippen LogP contribution in [0.4, 0.5) is 4.79 Å². The maximum absolute atomic E-state index is 11.5. The van der Waals surface area contributed by atoms with Crippen molar-refractivity contribution in [3.63, 3.8) is 0 Å². The molecule has 1 saturated heterocycles. The van der Waals surface area contributed by atoms with Crippen molar-refractivity contribution in [2.45, 2.75) is 52.2 Å². The number of hydrogen-bond acceptors (Lipinski definition) is 7. The van der Waals surface area contributed by atoms with E-state index in [2.05, 4.69) is 41.2 Å². The number of likely N-dealkylation sites (tertiary alicyclic amines) is 1. The Kier molecular flexibility index (Phi) is 5.61. The Morgan fingerprint density at radius 3 is 2.96 bits per heavy atom. The number of carboxylic acid groups (broad SMARTS) is 1. The highest BCUT2D eigenvalue weighted by molar-refractivity contribution is 5.65. The van der Waals surface area contributed by atoms with Gasteiger partial charge in [-0.1, -0.05) is 25.9 Å². The molecule has 2 aromatic heterocycles. The molecule has 0 aliphatic carbocycles. The van der Waals surface area contributed by atoms with Crippen LogP contribution in [-0.2, 0) is 6.54 Å². The molecule has 1 amide bonds. The van der Waals surface area contributed by atoms with Crippen LogP contribution in [0.1, 0.15) is 45.1 Å². The number of rotatable bonds is 4. The summed E-state index contributed by atoms with van der Waals surface area (Å²) in [6.07, 6.45) is 2.13. The lowest BCUT2D eigenvalue weighted by atomic mass is 9.79. The smallest absolute Gasteiger partial charge is 0.407 e. The minimum absolute atomic E-state index is 0.0571. The maximum atomic E-state index is 11.5. The Morgan fingerprint density at radius 2 is 2.29 bits per heavy atom. The van der Waals surface area contributed by atoms with Gasteiger partial charge in [-0.25, -0.2) is 9.78 Å². The monoisotopic (exact) mass is 384 g/mol. The van der Waals surface area contributed by atoms with Gasteiger partial charge >= 0.3 is 6.09 Å². The summed E-state index contributed by atoms with van der Waals surface area (Å²) in [5.74, 6) is 0.849. The van der Waals surface area contributed by atoms with Crippen LogP contribution < -0.4 is 5.32 Å². The highest BCUT2D eigenvalue weighted by atomic mass is 16.5. The number of nitriles is 1. The number of nitrogens with zero attached hydrogens (tertiary/aromatic N) is 5. The van der Waals surface area contributed by atoms with E-state index in [1.54, 1.807) is 17.0 Å². The predicted molar refractivity (Wildman–Crippen MR) is 100 cm³/mol. The fourth-order valence-electron chi connectivity index (χ4n) is 3.50. The number of carbonyl (C=O) groups is 1. The zero-order valence-electron chi connectivity index (χ0n) is 16.2. The van der Waals surface area contributed by atoms with E-state index >= 15 is 0 Å². The highest BCUT2D eigenvalue weighted by Gasteiger charge is 2.38. The van der Waals surface area contributed by atoms with Crippen LogP contribution in [0.3, 0.4) is 0 Å². The molecule has 0 bridgehead atoms. The average Bonchev–Trinajstić information content (AvgIpc) is 3.14. The number of pyridine rings is 1. The van der Waals surface area contributed by atoms with Gasteiger partial charge in [-0.2, -0.15) is 10.2 Å². The standard InChI is InChI=1S/C19H24N6O3/c1-19(2,3)15-9-13(5-7-25(15)18(26)27)22-11-16-23-17(28-24-16)12-4-6-21-14(8-12)10-20/h4,6,8,13,15,22H,5,7,9,11H2,1-3H3,(H,26,27). The lowest BCUT2D eigenvalue weighted by Crippen LogP contribution is -2.55. The van der Waals surface area contributed by atoms with Gasteiger partial charge in [0.15, 0.2) is 5.82 Å². The molecule has 0 saturated carbocycles. The molecule has 2 unspecified atom stereocenters. The quantitative estimate of drug-likeness (QED) is 0.823. The van der Waals surface area contributed by atoms with E-state index < -0.39 is 6.09 Å². The number of amides is 1. The van der Waals surface area contributed by atoms with Crippen molar-refractivity contribution < 1.29 is 14.4 Å². The number of hydrogen-bond donors (Lipinski definition) is 2. The Hall–Kier alpha value is -2.99. The summed E-state index contributed by atoms with van der Waals surface area (Å²) in [4.78, 5) is 21.4. The Labute approximate surface area is 163 Å². The second kappa shape index (κ2) is 7.94. The van der Waals surface area contributed by atoms with Gasteiger partial charge in [0.1, 0.15) is 11.8 Å².